The third-order valence-corrected chi connectivity index (χ3v) is 6.13. The molecule has 2 rings (SSSR count). The van der Waals surface area contributed by atoms with E-state index in [9.17, 15) is 0 Å². The van der Waals surface area contributed by atoms with Crippen LogP contribution in [0, 0.1) is 17.3 Å². The number of likely N-dealkylation sites (tertiary alicyclic amines) is 1. The predicted molar refractivity (Wildman–Crippen MR) is 88.0 cm³/mol. The Kier molecular flexibility index (Phi) is 5.92. The number of nitrogens with zero attached hydrogens (tertiary/aromatic N) is 1. The van der Waals surface area contributed by atoms with E-state index < -0.39 is 0 Å². The minimum atomic E-state index is 0.549. The first-order valence-electron chi connectivity index (χ1n) is 9.01. The first-order chi connectivity index (χ1) is 9.56. The van der Waals surface area contributed by atoms with Gasteiger partial charge in [-0.15, -0.1) is 0 Å². The summed E-state index contributed by atoms with van der Waals surface area (Å²) in [7, 11) is 0. The van der Waals surface area contributed by atoms with Gasteiger partial charge in [-0.1, -0.05) is 33.6 Å². The molecule has 2 heteroatoms. The number of nitrogens with one attached hydrogen (secondary N) is 1. The Morgan fingerprint density at radius 2 is 1.80 bits per heavy atom. The summed E-state index contributed by atoms with van der Waals surface area (Å²) in [6, 6.07) is 0.779. The Morgan fingerprint density at radius 3 is 2.45 bits per heavy atom. The third-order valence-electron chi connectivity index (χ3n) is 6.13. The molecule has 1 saturated heterocycles. The van der Waals surface area contributed by atoms with E-state index in [1.54, 1.807) is 0 Å². The van der Waals surface area contributed by atoms with Gasteiger partial charge in [-0.3, -0.25) is 4.90 Å². The van der Waals surface area contributed by atoms with Gasteiger partial charge in [0, 0.05) is 19.1 Å². The Balaban J connectivity index is 1.99. The Bertz CT molecular complexity index is 276. The van der Waals surface area contributed by atoms with Crippen LogP contribution in [0.15, 0.2) is 0 Å². The lowest BCUT2D eigenvalue weighted by Crippen LogP contribution is -2.51. The zero-order valence-electron chi connectivity index (χ0n) is 14.3. The van der Waals surface area contributed by atoms with Crippen LogP contribution in [0.4, 0.5) is 0 Å². The first kappa shape index (κ1) is 16.3. The fraction of sp³-hybridized carbons (Fsp3) is 1.00. The van der Waals surface area contributed by atoms with Crippen molar-refractivity contribution in [3.8, 4) is 0 Å². The highest BCUT2D eigenvalue weighted by Gasteiger charge is 2.37. The minimum Gasteiger partial charge on any atom is -0.316 e. The lowest BCUT2D eigenvalue weighted by molar-refractivity contribution is 0.0326. The van der Waals surface area contributed by atoms with Crippen LogP contribution in [-0.2, 0) is 0 Å². The van der Waals surface area contributed by atoms with Crippen molar-refractivity contribution >= 4 is 0 Å². The number of rotatable bonds is 5. The summed E-state index contributed by atoms with van der Waals surface area (Å²) in [5.41, 5.74) is 0.549. The summed E-state index contributed by atoms with van der Waals surface area (Å²) in [5, 5.41) is 3.66. The molecular formula is C18H36N2. The second-order valence-electron chi connectivity index (χ2n) is 7.79. The van der Waals surface area contributed by atoms with Crippen LogP contribution in [0.5, 0.6) is 0 Å². The maximum atomic E-state index is 3.66. The van der Waals surface area contributed by atoms with Crippen LogP contribution in [0.3, 0.4) is 0 Å². The molecule has 1 N–H and O–H groups in total. The van der Waals surface area contributed by atoms with Crippen molar-refractivity contribution in [3.05, 3.63) is 0 Å². The third kappa shape index (κ3) is 3.98. The molecule has 1 heterocycles. The predicted octanol–water partition coefficient (Wildman–Crippen LogP) is 3.91. The van der Waals surface area contributed by atoms with Crippen molar-refractivity contribution < 1.29 is 0 Å². The lowest BCUT2D eigenvalue weighted by Gasteiger charge is -2.47. The maximum Gasteiger partial charge on any atom is 0.00928 e. The Hall–Kier alpha value is -0.0800. The maximum absolute atomic E-state index is 3.66. The van der Waals surface area contributed by atoms with Gasteiger partial charge >= 0.3 is 0 Å². The average Bonchev–Trinajstić information content (AvgIpc) is 2.45. The number of hydrogen-bond acceptors (Lipinski definition) is 2. The molecule has 2 nitrogen and oxygen atoms in total. The zero-order valence-corrected chi connectivity index (χ0v) is 14.3. The Labute approximate surface area is 126 Å². The molecule has 0 spiro atoms. The molecule has 1 aliphatic heterocycles. The van der Waals surface area contributed by atoms with Crippen LogP contribution in [0.25, 0.3) is 0 Å². The summed E-state index contributed by atoms with van der Waals surface area (Å²) < 4.78 is 0. The molecule has 0 aromatic heterocycles. The Morgan fingerprint density at radius 1 is 1.10 bits per heavy atom. The topological polar surface area (TPSA) is 15.3 Å². The molecule has 118 valence electrons. The first-order valence-corrected chi connectivity index (χ1v) is 9.01. The van der Waals surface area contributed by atoms with Crippen LogP contribution >= 0.6 is 0 Å². The van der Waals surface area contributed by atoms with Crippen molar-refractivity contribution in [1.29, 1.82) is 0 Å². The van der Waals surface area contributed by atoms with E-state index in [-0.39, 0.29) is 0 Å². The van der Waals surface area contributed by atoms with Gasteiger partial charge in [-0.05, 0) is 62.9 Å². The molecule has 20 heavy (non-hydrogen) atoms. The van der Waals surface area contributed by atoms with E-state index in [0.717, 1.165) is 24.4 Å². The monoisotopic (exact) mass is 280 g/mol. The van der Waals surface area contributed by atoms with Crippen LogP contribution in [0.1, 0.15) is 66.2 Å². The van der Waals surface area contributed by atoms with Gasteiger partial charge in [0.1, 0.15) is 0 Å². The summed E-state index contributed by atoms with van der Waals surface area (Å²) in [6.07, 6.45) is 8.55. The molecule has 2 fully saturated rings. The highest BCUT2D eigenvalue weighted by molar-refractivity contribution is 4.92. The molecule has 2 unspecified atom stereocenters. The largest absolute Gasteiger partial charge is 0.316 e. The van der Waals surface area contributed by atoms with Crippen LogP contribution in [-0.4, -0.2) is 37.1 Å². The molecule has 1 aliphatic carbocycles. The molecule has 1 saturated carbocycles. The van der Waals surface area contributed by atoms with Gasteiger partial charge in [0.2, 0.25) is 0 Å². The van der Waals surface area contributed by atoms with E-state index in [4.69, 9.17) is 0 Å². The fourth-order valence-electron chi connectivity index (χ4n) is 4.23. The van der Waals surface area contributed by atoms with E-state index in [1.807, 2.05) is 0 Å². The fourth-order valence-corrected chi connectivity index (χ4v) is 4.23. The summed E-state index contributed by atoms with van der Waals surface area (Å²) >= 11 is 0. The molecule has 2 aliphatic rings. The molecule has 2 atom stereocenters. The van der Waals surface area contributed by atoms with Gasteiger partial charge in [0.25, 0.3) is 0 Å². The van der Waals surface area contributed by atoms with Gasteiger partial charge in [0.15, 0.2) is 0 Å². The molecular weight excluding hydrogens is 244 g/mol. The van der Waals surface area contributed by atoms with Crippen molar-refractivity contribution in [1.82, 2.24) is 10.2 Å². The molecule has 0 aromatic rings. The van der Waals surface area contributed by atoms with Gasteiger partial charge < -0.3 is 5.32 Å². The second-order valence-corrected chi connectivity index (χ2v) is 7.79. The van der Waals surface area contributed by atoms with Crippen LogP contribution < -0.4 is 5.32 Å². The molecule has 0 amide bonds. The molecule has 0 bridgehead atoms. The summed E-state index contributed by atoms with van der Waals surface area (Å²) in [5.74, 6) is 1.82. The van der Waals surface area contributed by atoms with E-state index in [0.29, 0.717) is 5.41 Å². The smallest absolute Gasteiger partial charge is 0.00928 e. The van der Waals surface area contributed by atoms with Crippen molar-refractivity contribution in [2.24, 2.45) is 17.3 Å². The highest BCUT2D eigenvalue weighted by Crippen LogP contribution is 2.40. The normalized spacial score (nSPS) is 39.9. The SMILES string of the molecule is CCNCC1(CN2CCCC(C)C2C)CCC(C)CC1. The lowest BCUT2D eigenvalue weighted by atomic mass is 9.70. The van der Waals surface area contributed by atoms with Gasteiger partial charge in [-0.2, -0.15) is 0 Å². The highest BCUT2D eigenvalue weighted by atomic mass is 15.2. The average molecular weight is 281 g/mol. The summed E-state index contributed by atoms with van der Waals surface area (Å²) in [6.45, 7) is 14.6. The van der Waals surface area contributed by atoms with Crippen molar-refractivity contribution in [2.75, 3.05) is 26.2 Å². The minimum absolute atomic E-state index is 0.549. The second kappa shape index (κ2) is 7.26. The van der Waals surface area contributed by atoms with Gasteiger partial charge in [0.05, 0.1) is 0 Å². The molecule has 0 aromatic carbocycles. The number of piperidine rings is 1. The number of hydrogen-bond donors (Lipinski definition) is 1. The van der Waals surface area contributed by atoms with Crippen molar-refractivity contribution in [2.45, 2.75) is 72.3 Å². The molecule has 0 radical (unpaired) electrons. The standard InChI is InChI=1S/C18H36N2/c1-5-19-13-18(10-8-15(2)9-11-18)14-20-12-6-7-16(3)17(20)4/h15-17,19H,5-14H2,1-4H3. The van der Waals surface area contributed by atoms with E-state index in [1.165, 1.54) is 58.2 Å². The summed E-state index contributed by atoms with van der Waals surface area (Å²) in [4.78, 5) is 2.81. The zero-order chi connectivity index (χ0) is 14.6. The quantitative estimate of drug-likeness (QED) is 0.821. The van der Waals surface area contributed by atoms with E-state index >= 15 is 0 Å². The van der Waals surface area contributed by atoms with Gasteiger partial charge in [-0.25, -0.2) is 0 Å². The van der Waals surface area contributed by atoms with E-state index in [2.05, 4.69) is 37.9 Å². The van der Waals surface area contributed by atoms with Crippen molar-refractivity contribution in [3.63, 3.8) is 0 Å². The van der Waals surface area contributed by atoms with Crippen LogP contribution in [0.2, 0.25) is 0 Å².